The first kappa shape index (κ1) is 17.3. The zero-order valence-electron chi connectivity index (χ0n) is 14.7. The van der Waals surface area contributed by atoms with Gasteiger partial charge in [0.1, 0.15) is 17.0 Å². The molecule has 8 heteroatoms. The lowest BCUT2D eigenvalue weighted by molar-refractivity contribution is 0.103. The fraction of sp³-hybridized carbons (Fsp3) is 0.200. The number of thiazole rings is 1. The Morgan fingerprint density at radius 1 is 1.04 bits per heavy atom. The van der Waals surface area contributed by atoms with Crippen molar-refractivity contribution >= 4 is 38.3 Å². The van der Waals surface area contributed by atoms with E-state index in [9.17, 15) is 0 Å². The molecule has 1 N–H and O–H groups in total. The molecule has 1 aliphatic carbocycles. The minimum atomic E-state index is 0.0996. The molecule has 1 aliphatic rings. The molecule has 0 spiro atoms. The number of aromatic nitrogens is 4. The summed E-state index contributed by atoms with van der Waals surface area (Å²) in [5.74, 6) is 0.523. The van der Waals surface area contributed by atoms with Crippen LogP contribution in [0.4, 0.5) is 5.13 Å². The summed E-state index contributed by atoms with van der Waals surface area (Å²) >= 11 is 7.55. The lowest BCUT2D eigenvalue weighted by atomic mass is 9.89. The van der Waals surface area contributed by atoms with E-state index in [0.29, 0.717) is 22.8 Å². The zero-order valence-corrected chi connectivity index (χ0v) is 16.3. The molecule has 0 radical (unpaired) electrons. The Kier molecular flexibility index (Phi) is 4.54. The fourth-order valence-electron chi connectivity index (χ4n) is 3.17. The first-order valence-electron chi connectivity index (χ1n) is 8.96. The topological polar surface area (TPSA) is 72.8 Å². The van der Waals surface area contributed by atoms with Gasteiger partial charge in [-0.05, 0) is 24.3 Å². The zero-order chi connectivity index (χ0) is 18.9. The second-order valence-electron chi connectivity index (χ2n) is 6.62. The number of benzene rings is 1. The molecular formula is C20H16ClN5OS. The monoisotopic (exact) mass is 409 g/mol. The summed E-state index contributed by atoms with van der Waals surface area (Å²) in [6, 6.07) is 12.1. The molecular weight excluding hydrogens is 394 g/mol. The van der Waals surface area contributed by atoms with E-state index in [4.69, 9.17) is 16.3 Å². The normalized spacial score (nSPS) is 18.6. The molecule has 1 aromatic carbocycles. The molecule has 0 amide bonds. The minimum absolute atomic E-state index is 0.0996. The molecule has 1 saturated carbocycles. The molecule has 28 heavy (non-hydrogen) atoms. The summed E-state index contributed by atoms with van der Waals surface area (Å²) in [4.78, 5) is 17.5. The van der Waals surface area contributed by atoms with Gasteiger partial charge in [0, 0.05) is 43.0 Å². The van der Waals surface area contributed by atoms with Gasteiger partial charge in [-0.15, -0.1) is 0 Å². The predicted octanol–water partition coefficient (Wildman–Crippen LogP) is 4.82. The van der Waals surface area contributed by atoms with Crippen LogP contribution in [0, 0.1) is 0 Å². The van der Waals surface area contributed by atoms with E-state index in [2.05, 4.69) is 31.3 Å². The Bertz CT molecular complexity index is 1080. The molecule has 6 nitrogen and oxygen atoms in total. The van der Waals surface area contributed by atoms with Crippen LogP contribution in [-0.4, -0.2) is 32.1 Å². The van der Waals surface area contributed by atoms with Gasteiger partial charge in [-0.1, -0.05) is 35.1 Å². The van der Waals surface area contributed by atoms with Crippen molar-refractivity contribution in [3.8, 4) is 17.1 Å². The maximum atomic E-state index is 6.10. The summed E-state index contributed by atoms with van der Waals surface area (Å²) in [6.45, 7) is 0. The van der Waals surface area contributed by atoms with Gasteiger partial charge in [0.25, 0.3) is 0 Å². The van der Waals surface area contributed by atoms with Crippen molar-refractivity contribution in [3.05, 3.63) is 60.1 Å². The Labute approximate surface area is 170 Å². The first-order valence-corrected chi connectivity index (χ1v) is 10.2. The van der Waals surface area contributed by atoms with Gasteiger partial charge in [0.2, 0.25) is 5.88 Å². The van der Waals surface area contributed by atoms with Crippen molar-refractivity contribution in [1.29, 1.82) is 0 Å². The Morgan fingerprint density at radius 3 is 2.71 bits per heavy atom. The van der Waals surface area contributed by atoms with Crippen LogP contribution >= 0.6 is 22.9 Å². The summed E-state index contributed by atoms with van der Waals surface area (Å²) in [7, 11) is 0. The lowest BCUT2D eigenvalue weighted by Gasteiger charge is -2.35. The van der Waals surface area contributed by atoms with Gasteiger partial charge in [0.05, 0.1) is 10.2 Å². The third-order valence-corrected chi connectivity index (χ3v) is 5.85. The Hall–Kier alpha value is -2.77. The van der Waals surface area contributed by atoms with Gasteiger partial charge in [-0.2, -0.15) is 0 Å². The van der Waals surface area contributed by atoms with Crippen LogP contribution in [0.25, 0.3) is 21.5 Å². The molecule has 0 unspecified atom stereocenters. The maximum Gasteiger partial charge on any atom is 0.240 e. The van der Waals surface area contributed by atoms with E-state index in [1.807, 2.05) is 24.3 Å². The van der Waals surface area contributed by atoms with Crippen LogP contribution < -0.4 is 10.1 Å². The van der Waals surface area contributed by atoms with Crippen LogP contribution in [0.1, 0.15) is 12.8 Å². The highest BCUT2D eigenvalue weighted by Gasteiger charge is 2.32. The molecule has 140 valence electrons. The molecule has 3 heterocycles. The van der Waals surface area contributed by atoms with Gasteiger partial charge in [-0.3, -0.25) is 0 Å². The van der Waals surface area contributed by atoms with Crippen LogP contribution in [0.2, 0.25) is 5.15 Å². The van der Waals surface area contributed by atoms with Gasteiger partial charge >= 0.3 is 0 Å². The molecule has 5 rings (SSSR count). The molecule has 1 fully saturated rings. The predicted molar refractivity (Wildman–Crippen MR) is 111 cm³/mol. The second-order valence-corrected chi connectivity index (χ2v) is 8.04. The third kappa shape index (κ3) is 3.50. The smallest absolute Gasteiger partial charge is 0.240 e. The quantitative estimate of drug-likeness (QED) is 0.476. The average molecular weight is 410 g/mol. The van der Waals surface area contributed by atoms with E-state index in [0.717, 1.165) is 29.1 Å². The van der Waals surface area contributed by atoms with Crippen molar-refractivity contribution in [3.63, 3.8) is 0 Å². The average Bonchev–Trinajstić information content (AvgIpc) is 3.10. The number of pyridine rings is 1. The van der Waals surface area contributed by atoms with Gasteiger partial charge in [-0.25, -0.2) is 19.9 Å². The molecule has 4 aromatic rings. The molecule has 3 aromatic heterocycles. The highest BCUT2D eigenvalue weighted by atomic mass is 35.5. The number of nitrogens with one attached hydrogen (secondary N) is 1. The molecule has 0 bridgehead atoms. The van der Waals surface area contributed by atoms with E-state index in [1.54, 1.807) is 36.0 Å². The van der Waals surface area contributed by atoms with Crippen molar-refractivity contribution in [2.45, 2.75) is 25.0 Å². The highest BCUT2D eigenvalue weighted by molar-refractivity contribution is 7.22. The standard InChI is InChI=1S/C20H16ClN5OS/c21-17-6-5-12(11-24-17)18-19(23-8-7-22-18)27-14-9-13(10-14)25-20-26-15-3-1-2-4-16(15)28-20/h1-8,11,13-14H,9-10H2,(H,25,26)/t13-,14-. The van der Waals surface area contributed by atoms with Gasteiger partial charge in [0.15, 0.2) is 5.13 Å². The van der Waals surface area contributed by atoms with Crippen LogP contribution in [0.15, 0.2) is 55.0 Å². The van der Waals surface area contributed by atoms with E-state index in [-0.39, 0.29) is 6.10 Å². The maximum absolute atomic E-state index is 6.10. The number of para-hydroxylation sites is 1. The fourth-order valence-corrected chi connectivity index (χ4v) is 4.23. The summed E-state index contributed by atoms with van der Waals surface area (Å²) < 4.78 is 7.29. The van der Waals surface area contributed by atoms with E-state index in [1.165, 1.54) is 4.70 Å². The lowest BCUT2D eigenvalue weighted by Crippen LogP contribution is -2.42. The second kappa shape index (κ2) is 7.33. The summed E-state index contributed by atoms with van der Waals surface area (Å²) in [5.41, 5.74) is 2.54. The molecule has 0 aliphatic heterocycles. The molecule has 0 saturated heterocycles. The van der Waals surface area contributed by atoms with Crippen LogP contribution in [0.3, 0.4) is 0 Å². The van der Waals surface area contributed by atoms with Crippen LogP contribution in [-0.2, 0) is 0 Å². The van der Waals surface area contributed by atoms with Crippen molar-refractivity contribution in [2.75, 3.05) is 5.32 Å². The minimum Gasteiger partial charge on any atom is -0.473 e. The van der Waals surface area contributed by atoms with Crippen molar-refractivity contribution < 1.29 is 4.74 Å². The Morgan fingerprint density at radius 2 is 1.89 bits per heavy atom. The van der Waals surface area contributed by atoms with E-state index < -0.39 is 0 Å². The number of fused-ring (bicyclic) bond motifs is 1. The number of hydrogen-bond donors (Lipinski definition) is 1. The van der Waals surface area contributed by atoms with Crippen molar-refractivity contribution in [2.24, 2.45) is 0 Å². The van der Waals surface area contributed by atoms with E-state index >= 15 is 0 Å². The Balaban J connectivity index is 1.23. The number of anilines is 1. The summed E-state index contributed by atoms with van der Waals surface area (Å²) in [6.07, 6.45) is 6.85. The number of hydrogen-bond acceptors (Lipinski definition) is 7. The molecule has 0 atom stereocenters. The van der Waals surface area contributed by atoms with Crippen molar-refractivity contribution in [1.82, 2.24) is 19.9 Å². The number of ether oxygens (including phenoxy) is 1. The SMILES string of the molecule is Clc1ccc(-c2nccnc2O[C@H]2C[C@H](Nc3nc4ccccc4s3)C2)cn1. The first-order chi connectivity index (χ1) is 13.7. The highest BCUT2D eigenvalue weighted by Crippen LogP contribution is 2.33. The number of halogens is 1. The summed E-state index contributed by atoms with van der Waals surface area (Å²) in [5, 5.41) is 4.90. The number of nitrogens with zero attached hydrogens (tertiary/aromatic N) is 4. The number of rotatable bonds is 5. The van der Waals surface area contributed by atoms with Crippen LogP contribution in [0.5, 0.6) is 5.88 Å². The third-order valence-electron chi connectivity index (χ3n) is 4.66. The largest absolute Gasteiger partial charge is 0.473 e. The van der Waals surface area contributed by atoms with Gasteiger partial charge < -0.3 is 10.1 Å².